The van der Waals surface area contributed by atoms with Crippen molar-refractivity contribution in [3.05, 3.63) is 40.8 Å². The normalized spacial score (nSPS) is 12.2. The molecule has 0 heterocycles. The van der Waals surface area contributed by atoms with Gasteiger partial charge in [-0.2, -0.15) is 0 Å². The highest BCUT2D eigenvalue weighted by atomic mass is 16.6. The van der Waals surface area contributed by atoms with Gasteiger partial charge in [-0.1, -0.05) is 0 Å². The fourth-order valence-electron chi connectivity index (χ4n) is 1.17. The molecule has 0 aromatic heterocycles. The van der Waals surface area contributed by atoms with Crippen LogP contribution in [0, 0.1) is 17.0 Å². The van der Waals surface area contributed by atoms with Crippen molar-refractivity contribution >= 4 is 5.69 Å². The number of ether oxygens (including phenoxy) is 1. The second-order valence-electron chi connectivity index (χ2n) is 3.10. The van der Waals surface area contributed by atoms with Gasteiger partial charge < -0.3 is 9.84 Å². The largest absolute Gasteiger partial charge is 0.496 e. The first-order chi connectivity index (χ1) is 7.08. The number of methoxy groups -OCH3 is 1. The number of rotatable bonds is 4. The number of benzene rings is 1. The van der Waals surface area contributed by atoms with Crippen molar-refractivity contribution in [3.63, 3.8) is 0 Å². The van der Waals surface area contributed by atoms with E-state index in [9.17, 15) is 10.1 Å². The van der Waals surface area contributed by atoms with E-state index in [2.05, 4.69) is 6.92 Å². The maximum Gasteiger partial charge on any atom is 0.273 e. The number of hydrogen-bond donors (Lipinski definition) is 1. The van der Waals surface area contributed by atoms with E-state index in [1.54, 1.807) is 6.07 Å². The Hall–Kier alpha value is -1.62. The van der Waals surface area contributed by atoms with Gasteiger partial charge in [0, 0.05) is 18.6 Å². The highest BCUT2D eigenvalue weighted by molar-refractivity contribution is 5.44. The quantitative estimate of drug-likeness (QED) is 0.604. The van der Waals surface area contributed by atoms with E-state index in [0.717, 1.165) is 0 Å². The van der Waals surface area contributed by atoms with Gasteiger partial charge in [0.2, 0.25) is 0 Å². The minimum Gasteiger partial charge on any atom is -0.496 e. The van der Waals surface area contributed by atoms with Crippen molar-refractivity contribution in [1.29, 1.82) is 0 Å². The van der Waals surface area contributed by atoms with E-state index in [1.807, 2.05) is 0 Å². The molecule has 5 nitrogen and oxygen atoms in total. The first-order valence-corrected chi connectivity index (χ1v) is 4.35. The van der Waals surface area contributed by atoms with Crippen molar-refractivity contribution < 1.29 is 14.8 Å². The molecule has 1 unspecified atom stereocenters. The van der Waals surface area contributed by atoms with Crippen LogP contribution in [0.15, 0.2) is 18.2 Å². The summed E-state index contributed by atoms with van der Waals surface area (Å²) in [6.07, 6.45) is 0. The third kappa shape index (κ3) is 2.66. The predicted octanol–water partition coefficient (Wildman–Crippen LogP) is 1.51. The van der Waals surface area contributed by atoms with Gasteiger partial charge >= 0.3 is 0 Å². The Balaban J connectivity index is 3.16. The number of hydrogen-bond acceptors (Lipinski definition) is 4. The predicted molar refractivity (Wildman–Crippen MR) is 54.8 cm³/mol. The first kappa shape index (κ1) is 11.5. The molecule has 81 valence electrons. The van der Waals surface area contributed by atoms with Crippen molar-refractivity contribution in [1.82, 2.24) is 0 Å². The summed E-state index contributed by atoms with van der Waals surface area (Å²) in [6, 6.07) is 4.34. The average Bonchev–Trinajstić information content (AvgIpc) is 2.27. The van der Waals surface area contributed by atoms with Crippen LogP contribution in [-0.4, -0.2) is 23.7 Å². The van der Waals surface area contributed by atoms with E-state index < -0.39 is 10.8 Å². The number of nitro groups is 1. The van der Waals surface area contributed by atoms with Crippen molar-refractivity contribution in [3.8, 4) is 5.75 Å². The summed E-state index contributed by atoms with van der Waals surface area (Å²) in [6.45, 7) is 3.51. The first-order valence-electron chi connectivity index (χ1n) is 4.35. The van der Waals surface area contributed by atoms with Crippen molar-refractivity contribution in [2.24, 2.45) is 0 Å². The Morgan fingerprint density at radius 2 is 2.27 bits per heavy atom. The molecule has 1 aromatic rings. The molecule has 0 aliphatic heterocycles. The van der Waals surface area contributed by atoms with Crippen LogP contribution >= 0.6 is 0 Å². The molecule has 0 fully saturated rings. The molecular weight excluding hydrogens is 198 g/mol. The van der Waals surface area contributed by atoms with Crippen molar-refractivity contribution in [2.45, 2.75) is 5.92 Å². The van der Waals surface area contributed by atoms with Gasteiger partial charge in [0.05, 0.1) is 18.1 Å². The monoisotopic (exact) mass is 210 g/mol. The highest BCUT2D eigenvalue weighted by Crippen LogP contribution is 2.26. The zero-order valence-corrected chi connectivity index (χ0v) is 8.34. The van der Waals surface area contributed by atoms with E-state index in [0.29, 0.717) is 11.3 Å². The average molecular weight is 210 g/mol. The van der Waals surface area contributed by atoms with Gasteiger partial charge in [-0.15, -0.1) is 0 Å². The van der Waals surface area contributed by atoms with Gasteiger partial charge in [0.15, 0.2) is 0 Å². The summed E-state index contributed by atoms with van der Waals surface area (Å²) in [7, 11) is 1.43. The summed E-state index contributed by atoms with van der Waals surface area (Å²) < 4.78 is 4.93. The zero-order valence-electron chi connectivity index (χ0n) is 8.34. The number of nitro benzene ring substituents is 1. The zero-order chi connectivity index (χ0) is 11.4. The fraction of sp³-hybridized carbons (Fsp3) is 0.300. The van der Waals surface area contributed by atoms with Gasteiger partial charge in [-0.25, -0.2) is 0 Å². The highest BCUT2D eigenvalue weighted by Gasteiger charge is 2.13. The molecule has 0 bridgehead atoms. The maximum absolute atomic E-state index is 10.6. The number of aliphatic hydroxyl groups excluding tert-OH is 1. The Bertz CT molecular complexity index is 364. The third-order valence-corrected chi connectivity index (χ3v) is 2.05. The summed E-state index contributed by atoms with van der Waals surface area (Å²) >= 11 is 0. The molecule has 15 heavy (non-hydrogen) atoms. The number of nitrogens with zero attached hydrogens (tertiary/aromatic N) is 1. The summed E-state index contributed by atoms with van der Waals surface area (Å²) in [5.74, 6) is 0.0000926. The lowest BCUT2D eigenvalue weighted by molar-refractivity contribution is -0.385. The summed E-state index contributed by atoms with van der Waals surface area (Å²) in [5, 5.41) is 19.5. The molecule has 0 saturated carbocycles. The maximum atomic E-state index is 10.6. The SMILES string of the molecule is [CH2]C(CO)c1cc(OC)cc([N+](=O)[O-])c1. The van der Waals surface area contributed by atoms with E-state index >= 15 is 0 Å². The second-order valence-corrected chi connectivity index (χ2v) is 3.10. The molecule has 0 saturated heterocycles. The molecule has 5 heteroatoms. The van der Waals surface area contributed by atoms with Crippen LogP contribution in [0.1, 0.15) is 11.5 Å². The van der Waals surface area contributed by atoms with Gasteiger partial charge in [-0.3, -0.25) is 10.1 Å². The summed E-state index contributed by atoms with van der Waals surface area (Å²) in [4.78, 5) is 10.1. The molecule has 1 rings (SSSR count). The van der Waals surface area contributed by atoms with Crippen LogP contribution in [-0.2, 0) is 0 Å². The molecule has 1 aromatic carbocycles. The van der Waals surface area contributed by atoms with Crippen LogP contribution in [0.2, 0.25) is 0 Å². The number of aliphatic hydroxyl groups is 1. The van der Waals surface area contributed by atoms with Crippen LogP contribution in [0.25, 0.3) is 0 Å². The number of non-ortho nitro benzene ring substituents is 1. The van der Waals surface area contributed by atoms with Crippen LogP contribution < -0.4 is 4.74 Å². The molecule has 1 N–H and O–H groups in total. The van der Waals surface area contributed by atoms with Gasteiger partial charge in [0.1, 0.15) is 5.75 Å². The lowest BCUT2D eigenvalue weighted by Crippen LogP contribution is -2.01. The van der Waals surface area contributed by atoms with Crippen LogP contribution in [0.3, 0.4) is 0 Å². The lowest BCUT2D eigenvalue weighted by Gasteiger charge is -2.09. The fourth-order valence-corrected chi connectivity index (χ4v) is 1.17. The van der Waals surface area contributed by atoms with E-state index in [-0.39, 0.29) is 12.3 Å². The Kier molecular flexibility index (Phi) is 3.62. The molecule has 1 atom stereocenters. The van der Waals surface area contributed by atoms with Gasteiger partial charge in [-0.05, 0) is 18.6 Å². The Labute approximate surface area is 87.5 Å². The molecule has 0 aliphatic rings. The molecule has 1 radical (unpaired) electrons. The minimum absolute atomic E-state index is 0.0635. The van der Waals surface area contributed by atoms with E-state index in [1.165, 1.54) is 19.2 Å². The molecule has 0 spiro atoms. The van der Waals surface area contributed by atoms with Gasteiger partial charge in [0.25, 0.3) is 5.69 Å². The molecule has 0 aliphatic carbocycles. The molecule has 0 amide bonds. The van der Waals surface area contributed by atoms with Crippen molar-refractivity contribution in [2.75, 3.05) is 13.7 Å². The standard InChI is InChI=1S/C10H12NO4/c1-7(6-12)8-3-9(11(13)14)5-10(4-8)15-2/h3-5,7,12H,1,6H2,2H3. The third-order valence-electron chi connectivity index (χ3n) is 2.05. The van der Waals surface area contributed by atoms with E-state index in [4.69, 9.17) is 9.84 Å². The van der Waals surface area contributed by atoms with Crippen LogP contribution in [0.5, 0.6) is 5.75 Å². The second kappa shape index (κ2) is 4.75. The Morgan fingerprint density at radius 3 is 2.73 bits per heavy atom. The lowest BCUT2D eigenvalue weighted by atomic mass is 10.0. The topological polar surface area (TPSA) is 72.6 Å². The Morgan fingerprint density at radius 1 is 1.60 bits per heavy atom. The van der Waals surface area contributed by atoms with Crippen LogP contribution in [0.4, 0.5) is 5.69 Å². The minimum atomic E-state index is -0.504. The molecular formula is C10H12NO4. The smallest absolute Gasteiger partial charge is 0.273 e. The summed E-state index contributed by atoms with van der Waals surface area (Å²) in [5.41, 5.74) is 0.523.